The zero-order valence-corrected chi connectivity index (χ0v) is 24.1. The minimum atomic E-state index is -0.247. The quantitative estimate of drug-likeness (QED) is 0.151. The lowest BCUT2D eigenvalue weighted by Gasteiger charge is -2.24. The Morgan fingerprint density at radius 1 is 1.00 bits per heavy atom. The fourth-order valence-corrected chi connectivity index (χ4v) is 5.57. The second kappa shape index (κ2) is 12.2. The minimum absolute atomic E-state index is 0.187. The molecule has 42 heavy (non-hydrogen) atoms. The lowest BCUT2D eigenvalue weighted by Crippen LogP contribution is -2.38. The summed E-state index contributed by atoms with van der Waals surface area (Å²) in [7, 11) is 0. The third-order valence-electron chi connectivity index (χ3n) is 7.48. The van der Waals surface area contributed by atoms with Gasteiger partial charge in [0.2, 0.25) is 0 Å². The van der Waals surface area contributed by atoms with Crippen molar-refractivity contribution in [1.29, 1.82) is 10.5 Å². The van der Waals surface area contributed by atoms with Crippen LogP contribution in [0.25, 0.3) is 10.9 Å². The molecule has 6 rings (SSSR count). The number of nitriles is 2. The summed E-state index contributed by atoms with van der Waals surface area (Å²) in [6.45, 7) is 0. The first-order valence-electron chi connectivity index (χ1n) is 13.8. The van der Waals surface area contributed by atoms with Gasteiger partial charge in [0, 0.05) is 41.0 Å². The summed E-state index contributed by atoms with van der Waals surface area (Å²) in [4.78, 5) is 4.53. The summed E-state index contributed by atoms with van der Waals surface area (Å²) in [5.41, 5.74) is 11.9. The highest BCUT2D eigenvalue weighted by molar-refractivity contribution is 6.36. The van der Waals surface area contributed by atoms with Crippen LogP contribution in [0.5, 0.6) is 0 Å². The summed E-state index contributed by atoms with van der Waals surface area (Å²) in [5, 5.41) is 30.5. The van der Waals surface area contributed by atoms with Crippen LogP contribution in [0.4, 0.5) is 11.4 Å². The van der Waals surface area contributed by atoms with E-state index < -0.39 is 0 Å². The molecule has 1 unspecified atom stereocenters. The van der Waals surface area contributed by atoms with Gasteiger partial charge in [-0.25, -0.2) is 0 Å². The summed E-state index contributed by atoms with van der Waals surface area (Å²) in [6.07, 6.45) is 6.87. The second-order valence-corrected chi connectivity index (χ2v) is 11.2. The van der Waals surface area contributed by atoms with Gasteiger partial charge in [0.1, 0.15) is 6.07 Å². The van der Waals surface area contributed by atoms with Gasteiger partial charge in [-0.15, -0.1) is 5.53 Å². The average molecular weight is 596 g/mol. The van der Waals surface area contributed by atoms with E-state index in [-0.39, 0.29) is 12.1 Å². The largest absolute Gasteiger partial charge is 0.377 e. The Hall–Kier alpha value is -4.47. The van der Waals surface area contributed by atoms with Gasteiger partial charge in [0.25, 0.3) is 0 Å². The standard InChI is InChI=1S/C32H28Cl2N8/c33-23-10-8-21(9-11-23)31(29-19-42(41-40-29)25-12-13-25)38-24-15-26-30(22(17-36)18-37-32(26)27(34)16-24)39-28(7-4-14-35)20-5-2-1-3-6-20/h1-3,5-6,8-11,15-16,18-19,25,28,31,38,40-41H,4,7,12-13H2,(H,37,39)/t28-,31?/m1/s1. The van der Waals surface area contributed by atoms with Crippen molar-refractivity contribution in [2.45, 2.75) is 43.8 Å². The maximum atomic E-state index is 10.0. The SMILES string of the molecule is N#CCC[C@@H](Nc1c(C#N)cnc2c(Cl)cc(NC(C3=CN(C4CC4)NN3)c3ccc(Cl)cc3)cc12)c1ccccc1. The number of anilines is 2. The number of nitrogens with one attached hydrogen (secondary N) is 4. The molecule has 0 saturated heterocycles. The number of nitrogens with zero attached hydrogens (tertiary/aromatic N) is 4. The van der Waals surface area contributed by atoms with Crippen molar-refractivity contribution in [3.63, 3.8) is 0 Å². The topological polar surface area (TPSA) is 112 Å². The van der Waals surface area contributed by atoms with Gasteiger partial charge >= 0.3 is 0 Å². The van der Waals surface area contributed by atoms with Crippen LogP contribution in [-0.2, 0) is 0 Å². The Labute approximate surface area is 254 Å². The Kier molecular flexibility index (Phi) is 8.03. The maximum absolute atomic E-state index is 10.0. The van der Waals surface area contributed by atoms with Crippen molar-refractivity contribution >= 4 is 45.5 Å². The van der Waals surface area contributed by atoms with Crippen molar-refractivity contribution in [1.82, 2.24) is 21.0 Å². The molecule has 3 aromatic carbocycles. The monoisotopic (exact) mass is 594 g/mol. The van der Waals surface area contributed by atoms with Gasteiger partial charge in [0.05, 0.1) is 45.6 Å². The first kappa shape index (κ1) is 27.7. The summed E-state index contributed by atoms with van der Waals surface area (Å²) in [5.74, 6) is 0. The summed E-state index contributed by atoms with van der Waals surface area (Å²) in [6, 6.07) is 26.0. The van der Waals surface area contributed by atoms with E-state index in [4.69, 9.17) is 23.2 Å². The third-order valence-corrected chi connectivity index (χ3v) is 8.02. The number of hydrogen-bond acceptors (Lipinski definition) is 8. The Morgan fingerprint density at radius 2 is 1.79 bits per heavy atom. The van der Waals surface area contributed by atoms with Crippen molar-refractivity contribution < 1.29 is 0 Å². The number of aromatic nitrogens is 1. The Bertz CT molecular complexity index is 1710. The molecule has 4 N–H and O–H groups in total. The molecule has 0 radical (unpaired) electrons. The molecule has 4 aromatic rings. The lowest BCUT2D eigenvalue weighted by molar-refractivity contribution is 0.260. The highest BCUT2D eigenvalue weighted by atomic mass is 35.5. The molecule has 0 spiro atoms. The summed E-state index contributed by atoms with van der Waals surface area (Å²) >= 11 is 13.0. The zero-order valence-electron chi connectivity index (χ0n) is 22.6. The van der Waals surface area contributed by atoms with Crippen molar-refractivity contribution in [2.75, 3.05) is 10.6 Å². The molecule has 0 amide bonds. The zero-order chi connectivity index (χ0) is 29.1. The van der Waals surface area contributed by atoms with Gasteiger partial charge in [-0.1, -0.05) is 65.7 Å². The van der Waals surface area contributed by atoms with E-state index in [1.54, 1.807) is 0 Å². The van der Waals surface area contributed by atoms with Gasteiger partial charge in [-0.05, 0) is 54.7 Å². The Balaban J connectivity index is 1.41. The van der Waals surface area contributed by atoms with E-state index in [0.717, 1.165) is 35.4 Å². The molecule has 0 bridgehead atoms. The van der Waals surface area contributed by atoms with Crippen molar-refractivity contribution in [3.8, 4) is 12.1 Å². The highest BCUT2D eigenvalue weighted by Gasteiger charge is 2.32. The average Bonchev–Trinajstić information content (AvgIpc) is 3.75. The van der Waals surface area contributed by atoms with Crippen molar-refractivity contribution in [3.05, 3.63) is 112 Å². The number of fused-ring (bicyclic) bond motifs is 1. The molecular formula is C32H28Cl2N8. The van der Waals surface area contributed by atoms with Crippen LogP contribution in [0.1, 0.15) is 54.5 Å². The molecule has 2 aliphatic rings. The molecule has 1 aliphatic carbocycles. The van der Waals surface area contributed by atoms with Crippen LogP contribution in [0.3, 0.4) is 0 Å². The fourth-order valence-electron chi connectivity index (χ4n) is 5.18. The van der Waals surface area contributed by atoms with Crippen molar-refractivity contribution in [2.24, 2.45) is 0 Å². The first-order chi connectivity index (χ1) is 20.5. The van der Waals surface area contributed by atoms with Gasteiger partial charge in [0.15, 0.2) is 0 Å². The van der Waals surface area contributed by atoms with E-state index in [0.29, 0.717) is 51.1 Å². The smallest absolute Gasteiger partial charge is 0.103 e. The summed E-state index contributed by atoms with van der Waals surface area (Å²) < 4.78 is 0. The van der Waals surface area contributed by atoms with E-state index in [1.807, 2.05) is 66.7 Å². The van der Waals surface area contributed by atoms with E-state index in [1.165, 1.54) is 6.20 Å². The lowest BCUT2D eigenvalue weighted by atomic mass is 10.00. The van der Waals surface area contributed by atoms with Crippen LogP contribution in [-0.4, -0.2) is 16.0 Å². The molecule has 2 heterocycles. The normalized spacial score (nSPS) is 15.7. The number of hydrogen-bond donors (Lipinski definition) is 4. The van der Waals surface area contributed by atoms with E-state index >= 15 is 0 Å². The number of rotatable bonds is 10. The molecular weight excluding hydrogens is 567 g/mol. The Morgan fingerprint density at radius 3 is 2.50 bits per heavy atom. The molecule has 8 nitrogen and oxygen atoms in total. The second-order valence-electron chi connectivity index (χ2n) is 10.4. The van der Waals surface area contributed by atoms with Gasteiger partial charge in [-0.2, -0.15) is 10.5 Å². The van der Waals surface area contributed by atoms with Crippen LogP contribution in [0, 0.1) is 22.7 Å². The fraction of sp³-hybridized carbons (Fsp3) is 0.219. The molecule has 210 valence electrons. The molecule has 1 saturated carbocycles. The molecule has 1 aliphatic heterocycles. The molecule has 2 atom stereocenters. The molecule has 10 heteroatoms. The minimum Gasteiger partial charge on any atom is -0.377 e. The van der Waals surface area contributed by atoms with E-state index in [2.05, 4.69) is 49.9 Å². The number of halogens is 2. The van der Waals surface area contributed by atoms with Gasteiger partial charge < -0.3 is 16.1 Å². The number of benzene rings is 3. The van der Waals surface area contributed by atoms with Gasteiger partial charge in [-0.3, -0.25) is 9.99 Å². The van der Waals surface area contributed by atoms with Crippen LogP contribution in [0.15, 0.2) is 84.8 Å². The number of pyridine rings is 1. The maximum Gasteiger partial charge on any atom is 0.103 e. The predicted octanol–water partition coefficient (Wildman–Crippen LogP) is 7.35. The van der Waals surface area contributed by atoms with Crippen LogP contribution < -0.4 is 21.6 Å². The molecule has 1 aromatic heterocycles. The van der Waals surface area contributed by atoms with E-state index in [9.17, 15) is 10.5 Å². The highest BCUT2D eigenvalue weighted by Crippen LogP contribution is 2.38. The van der Waals surface area contributed by atoms with Crippen LogP contribution in [0.2, 0.25) is 10.0 Å². The third kappa shape index (κ3) is 5.93. The predicted molar refractivity (Wildman–Crippen MR) is 166 cm³/mol. The van der Waals surface area contributed by atoms with Crippen LogP contribution >= 0.6 is 23.2 Å². The number of hydrazine groups is 2. The molecule has 1 fully saturated rings. The first-order valence-corrected chi connectivity index (χ1v) is 14.5.